The molecule has 3 heterocycles. The lowest BCUT2D eigenvalue weighted by Gasteiger charge is -2.07. The van der Waals surface area contributed by atoms with Gasteiger partial charge in [-0.3, -0.25) is 9.36 Å². The van der Waals surface area contributed by atoms with Crippen molar-refractivity contribution in [2.45, 2.75) is 6.92 Å². The number of aromatic nitrogens is 3. The second kappa shape index (κ2) is 6.29. The van der Waals surface area contributed by atoms with Gasteiger partial charge >= 0.3 is 5.63 Å². The highest BCUT2D eigenvalue weighted by molar-refractivity contribution is 6.05. The van der Waals surface area contributed by atoms with E-state index in [1.165, 1.54) is 12.3 Å². The molecule has 0 aliphatic carbocycles. The van der Waals surface area contributed by atoms with Crippen LogP contribution in [-0.4, -0.2) is 20.4 Å². The largest absolute Gasteiger partial charge is 0.422 e. The van der Waals surface area contributed by atoms with Crippen molar-refractivity contribution in [3.63, 3.8) is 0 Å². The summed E-state index contributed by atoms with van der Waals surface area (Å²) in [4.78, 5) is 32.9. The van der Waals surface area contributed by atoms with Crippen LogP contribution in [0, 0.1) is 6.92 Å². The number of rotatable bonds is 3. The number of imidazole rings is 1. The molecule has 4 aromatic rings. The Hall–Kier alpha value is -3.74. The maximum atomic E-state index is 12.4. The second-order valence-electron chi connectivity index (χ2n) is 5.69. The summed E-state index contributed by atoms with van der Waals surface area (Å²) in [6.45, 7) is 1.87. The van der Waals surface area contributed by atoms with Gasteiger partial charge in [-0.2, -0.15) is 0 Å². The summed E-state index contributed by atoms with van der Waals surface area (Å²) in [5.74, 6) is 0.948. The molecular weight excluding hydrogens is 332 g/mol. The van der Waals surface area contributed by atoms with Gasteiger partial charge in [0.2, 0.25) is 0 Å². The van der Waals surface area contributed by atoms with Crippen molar-refractivity contribution in [3.05, 3.63) is 82.9 Å². The van der Waals surface area contributed by atoms with E-state index in [1.807, 2.05) is 17.6 Å². The number of anilines is 1. The quantitative estimate of drug-likeness (QED) is 0.576. The zero-order valence-electron chi connectivity index (χ0n) is 13.8. The van der Waals surface area contributed by atoms with E-state index in [0.717, 1.165) is 5.82 Å². The van der Waals surface area contributed by atoms with Gasteiger partial charge in [-0.05, 0) is 31.2 Å². The molecule has 0 atom stereocenters. The maximum Gasteiger partial charge on any atom is 0.349 e. The molecule has 0 saturated heterocycles. The van der Waals surface area contributed by atoms with Gasteiger partial charge in [-0.25, -0.2) is 14.8 Å². The van der Waals surface area contributed by atoms with E-state index >= 15 is 0 Å². The van der Waals surface area contributed by atoms with Gasteiger partial charge in [0.25, 0.3) is 5.91 Å². The first kappa shape index (κ1) is 15.8. The van der Waals surface area contributed by atoms with Crippen molar-refractivity contribution in [1.29, 1.82) is 0 Å². The van der Waals surface area contributed by atoms with E-state index in [9.17, 15) is 9.59 Å². The van der Waals surface area contributed by atoms with Crippen LogP contribution in [0.1, 0.15) is 16.2 Å². The Morgan fingerprint density at radius 3 is 2.73 bits per heavy atom. The molecule has 128 valence electrons. The summed E-state index contributed by atoms with van der Waals surface area (Å²) in [6.07, 6.45) is 5.01. The molecule has 0 fully saturated rings. The lowest BCUT2D eigenvalue weighted by molar-refractivity contribution is 0.102. The van der Waals surface area contributed by atoms with Gasteiger partial charge in [0, 0.05) is 17.8 Å². The Morgan fingerprint density at radius 1 is 1.15 bits per heavy atom. The first-order valence-corrected chi connectivity index (χ1v) is 7.92. The van der Waals surface area contributed by atoms with E-state index in [-0.39, 0.29) is 5.56 Å². The van der Waals surface area contributed by atoms with Crippen LogP contribution in [0.4, 0.5) is 5.69 Å². The molecule has 1 N–H and O–H groups in total. The monoisotopic (exact) mass is 346 g/mol. The van der Waals surface area contributed by atoms with Crippen molar-refractivity contribution in [1.82, 2.24) is 14.5 Å². The molecule has 0 bridgehead atoms. The summed E-state index contributed by atoms with van der Waals surface area (Å²) in [6, 6.07) is 12.0. The zero-order chi connectivity index (χ0) is 18.1. The predicted molar refractivity (Wildman–Crippen MR) is 96.5 cm³/mol. The molecule has 4 rings (SSSR count). The third-order valence-electron chi connectivity index (χ3n) is 3.96. The van der Waals surface area contributed by atoms with Gasteiger partial charge in [0.15, 0.2) is 0 Å². The smallest absolute Gasteiger partial charge is 0.349 e. The first-order valence-electron chi connectivity index (χ1n) is 7.92. The lowest BCUT2D eigenvalue weighted by Crippen LogP contribution is -2.20. The van der Waals surface area contributed by atoms with Crippen molar-refractivity contribution >= 4 is 22.6 Å². The fourth-order valence-electron chi connectivity index (χ4n) is 2.64. The topological polar surface area (TPSA) is 90.0 Å². The Kier molecular flexibility index (Phi) is 3.81. The number of hydrogen-bond donors (Lipinski definition) is 1. The number of aryl methyl sites for hydroxylation is 1. The van der Waals surface area contributed by atoms with Gasteiger partial charge in [-0.15, -0.1) is 0 Å². The highest BCUT2D eigenvalue weighted by Crippen LogP contribution is 2.15. The SMILES string of the molecule is Cc1nccn1-c1ccc(NC(=O)c2cc3ccccc3oc2=O)cn1. The van der Waals surface area contributed by atoms with Crippen LogP contribution in [0.5, 0.6) is 0 Å². The molecule has 1 aromatic carbocycles. The molecule has 0 aliphatic rings. The normalized spacial score (nSPS) is 10.8. The van der Waals surface area contributed by atoms with Crippen molar-refractivity contribution in [2.24, 2.45) is 0 Å². The van der Waals surface area contributed by atoms with E-state index in [0.29, 0.717) is 22.5 Å². The Labute approximate surface area is 147 Å². The standard InChI is InChI=1S/C19H14N4O3/c1-12-20-8-9-23(12)17-7-6-14(11-21-17)22-18(24)15-10-13-4-2-3-5-16(13)26-19(15)25/h2-11H,1H3,(H,22,24). The Balaban J connectivity index is 1.59. The molecule has 0 spiro atoms. The van der Waals surface area contributed by atoms with Gasteiger partial charge in [0.1, 0.15) is 22.8 Å². The second-order valence-corrected chi connectivity index (χ2v) is 5.69. The van der Waals surface area contributed by atoms with Crippen LogP contribution in [0.25, 0.3) is 16.8 Å². The lowest BCUT2D eigenvalue weighted by atomic mass is 10.2. The van der Waals surface area contributed by atoms with E-state index < -0.39 is 11.5 Å². The number of hydrogen-bond acceptors (Lipinski definition) is 5. The summed E-state index contributed by atoms with van der Waals surface area (Å²) < 4.78 is 7.01. The van der Waals surface area contributed by atoms with Gasteiger partial charge < -0.3 is 9.73 Å². The molecule has 7 nitrogen and oxygen atoms in total. The molecular formula is C19H14N4O3. The summed E-state index contributed by atoms with van der Waals surface area (Å²) >= 11 is 0. The summed E-state index contributed by atoms with van der Waals surface area (Å²) in [7, 11) is 0. The molecule has 1 amide bonds. The number of nitrogens with one attached hydrogen (secondary N) is 1. The zero-order valence-corrected chi connectivity index (χ0v) is 13.8. The number of nitrogens with zero attached hydrogens (tertiary/aromatic N) is 3. The molecule has 0 saturated carbocycles. The minimum atomic E-state index is -0.681. The Bertz CT molecular complexity index is 1160. The Morgan fingerprint density at radius 2 is 2.00 bits per heavy atom. The molecule has 0 unspecified atom stereocenters. The van der Waals surface area contributed by atoms with Gasteiger partial charge in [0.05, 0.1) is 11.9 Å². The van der Waals surface area contributed by atoms with Crippen molar-refractivity contribution in [3.8, 4) is 5.82 Å². The van der Waals surface area contributed by atoms with E-state index in [1.54, 1.807) is 42.7 Å². The van der Waals surface area contributed by atoms with Crippen LogP contribution in [0.3, 0.4) is 0 Å². The van der Waals surface area contributed by atoms with Crippen LogP contribution >= 0.6 is 0 Å². The molecule has 0 radical (unpaired) electrons. The molecule has 3 aromatic heterocycles. The maximum absolute atomic E-state index is 12.4. The van der Waals surface area contributed by atoms with Gasteiger partial charge in [-0.1, -0.05) is 18.2 Å². The number of para-hydroxylation sites is 1. The third kappa shape index (κ3) is 2.86. The number of carbonyl (C=O) groups excluding carboxylic acids is 1. The molecule has 7 heteroatoms. The van der Waals surface area contributed by atoms with Crippen LogP contribution in [0.15, 0.2) is 70.3 Å². The number of amides is 1. The van der Waals surface area contributed by atoms with E-state index in [4.69, 9.17) is 4.42 Å². The number of benzene rings is 1. The van der Waals surface area contributed by atoms with E-state index in [2.05, 4.69) is 15.3 Å². The average Bonchev–Trinajstić information content (AvgIpc) is 3.07. The third-order valence-corrected chi connectivity index (χ3v) is 3.96. The fraction of sp³-hybridized carbons (Fsp3) is 0.0526. The molecule has 26 heavy (non-hydrogen) atoms. The molecule has 0 aliphatic heterocycles. The predicted octanol–water partition coefficient (Wildman–Crippen LogP) is 2.93. The average molecular weight is 346 g/mol. The number of fused-ring (bicyclic) bond motifs is 1. The van der Waals surface area contributed by atoms with Crippen LogP contribution in [0.2, 0.25) is 0 Å². The highest BCUT2D eigenvalue weighted by Gasteiger charge is 2.14. The minimum absolute atomic E-state index is 0.0572. The van der Waals surface area contributed by atoms with Crippen LogP contribution in [-0.2, 0) is 0 Å². The highest BCUT2D eigenvalue weighted by atomic mass is 16.4. The first-order chi connectivity index (χ1) is 12.6. The number of pyridine rings is 1. The van der Waals surface area contributed by atoms with Crippen LogP contribution < -0.4 is 10.9 Å². The number of carbonyl (C=O) groups is 1. The minimum Gasteiger partial charge on any atom is -0.422 e. The summed E-state index contributed by atoms with van der Waals surface area (Å²) in [5, 5.41) is 3.35. The van der Waals surface area contributed by atoms with Crippen molar-refractivity contribution < 1.29 is 9.21 Å². The summed E-state index contributed by atoms with van der Waals surface area (Å²) in [5.41, 5.74) is 0.179. The fourth-order valence-corrected chi connectivity index (χ4v) is 2.64. The van der Waals surface area contributed by atoms with Crippen molar-refractivity contribution in [2.75, 3.05) is 5.32 Å².